The van der Waals surface area contributed by atoms with Gasteiger partial charge in [-0.15, -0.1) is 0 Å². The van der Waals surface area contributed by atoms with Gasteiger partial charge >= 0.3 is 0 Å². The van der Waals surface area contributed by atoms with Crippen LogP contribution in [0.1, 0.15) is 18.1 Å². The van der Waals surface area contributed by atoms with Gasteiger partial charge in [0.15, 0.2) is 0 Å². The average Bonchev–Trinajstić information content (AvgIpc) is 2.30. The Morgan fingerprint density at radius 2 is 2.18 bits per heavy atom. The molecule has 0 aromatic heterocycles. The van der Waals surface area contributed by atoms with Crippen molar-refractivity contribution in [3.8, 4) is 5.75 Å². The summed E-state index contributed by atoms with van der Waals surface area (Å²) in [6.45, 7) is 6.32. The van der Waals surface area contributed by atoms with Gasteiger partial charge in [0.2, 0.25) is 0 Å². The molecule has 0 heterocycles. The quantitative estimate of drug-likeness (QED) is 0.807. The molecule has 0 bridgehead atoms. The van der Waals surface area contributed by atoms with Crippen LogP contribution in [0.4, 0.5) is 0 Å². The topological polar surface area (TPSA) is 21.3 Å². The summed E-state index contributed by atoms with van der Waals surface area (Å²) in [6.07, 6.45) is 2.15. The Hall–Kier alpha value is -0.670. The van der Waals surface area contributed by atoms with Gasteiger partial charge in [0.25, 0.3) is 0 Å². The maximum atomic E-state index is 5.36. The van der Waals surface area contributed by atoms with Crippen LogP contribution in [0.15, 0.2) is 18.2 Å². The fourth-order valence-electron chi connectivity index (χ4n) is 1.84. The Balaban J connectivity index is 2.48. The van der Waals surface area contributed by atoms with Crippen molar-refractivity contribution in [2.75, 3.05) is 25.7 Å². The zero-order chi connectivity index (χ0) is 12.7. The Labute approximate surface area is 109 Å². The molecule has 0 aliphatic rings. The molecule has 0 amide bonds. The Bertz CT molecular complexity index is 341. The maximum absolute atomic E-state index is 5.36. The minimum absolute atomic E-state index is 0.709. The average molecular weight is 253 g/mol. The second-order valence-electron chi connectivity index (χ2n) is 4.51. The predicted molar refractivity (Wildman–Crippen MR) is 77.0 cm³/mol. The van der Waals surface area contributed by atoms with Gasteiger partial charge in [-0.1, -0.05) is 24.6 Å². The molecule has 0 fully saturated rings. The minimum Gasteiger partial charge on any atom is -0.496 e. The highest BCUT2D eigenvalue weighted by Crippen LogP contribution is 2.19. The highest BCUT2D eigenvalue weighted by atomic mass is 32.2. The molecule has 1 atom stereocenters. The molecular weight excluding hydrogens is 230 g/mol. The van der Waals surface area contributed by atoms with Gasteiger partial charge in [-0.05, 0) is 37.5 Å². The molecule has 17 heavy (non-hydrogen) atoms. The fourth-order valence-corrected chi connectivity index (χ4v) is 2.53. The van der Waals surface area contributed by atoms with Gasteiger partial charge in [0.05, 0.1) is 7.11 Å². The van der Waals surface area contributed by atoms with E-state index in [-0.39, 0.29) is 0 Å². The Morgan fingerprint density at radius 3 is 2.82 bits per heavy atom. The highest BCUT2D eigenvalue weighted by Gasteiger charge is 2.04. The lowest BCUT2D eigenvalue weighted by Crippen LogP contribution is -2.22. The zero-order valence-electron chi connectivity index (χ0n) is 11.2. The standard InChI is InChI=1S/C14H23NOS/c1-11-5-6-14(16-3)13(7-11)9-15-8-12(2)10-17-4/h5-7,12,15H,8-10H2,1-4H3. The van der Waals surface area contributed by atoms with E-state index in [2.05, 4.69) is 37.6 Å². The number of hydrogen-bond donors (Lipinski definition) is 1. The predicted octanol–water partition coefficient (Wildman–Crippen LogP) is 3.09. The van der Waals surface area contributed by atoms with Gasteiger partial charge in [0.1, 0.15) is 5.75 Å². The maximum Gasteiger partial charge on any atom is 0.123 e. The van der Waals surface area contributed by atoms with Crippen LogP contribution < -0.4 is 10.1 Å². The molecule has 1 aromatic rings. The van der Waals surface area contributed by atoms with Crippen molar-refractivity contribution >= 4 is 11.8 Å². The van der Waals surface area contributed by atoms with Crippen LogP contribution in [0.25, 0.3) is 0 Å². The first-order valence-corrected chi connectivity index (χ1v) is 7.40. The molecule has 0 saturated carbocycles. The number of methoxy groups -OCH3 is 1. The summed E-state index contributed by atoms with van der Waals surface area (Å²) in [4.78, 5) is 0. The Morgan fingerprint density at radius 1 is 1.41 bits per heavy atom. The van der Waals surface area contributed by atoms with E-state index in [1.165, 1.54) is 16.9 Å². The molecule has 1 aromatic carbocycles. The van der Waals surface area contributed by atoms with Crippen LogP contribution in [0, 0.1) is 12.8 Å². The van der Waals surface area contributed by atoms with Crippen LogP contribution in [0.5, 0.6) is 5.75 Å². The van der Waals surface area contributed by atoms with Crippen molar-refractivity contribution in [1.82, 2.24) is 5.32 Å². The van der Waals surface area contributed by atoms with E-state index in [1.54, 1.807) is 7.11 Å². The molecule has 3 heteroatoms. The van der Waals surface area contributed by atoms with Gasteiger partial charge in [-0.3, -0.25) is 0 Å². The summed E-state index contributed by atoms with van der Waals surface area (Å²) in [5.74, 6) is 2.89. The summed E-state index contributed by atoms with van der Waals surface area (Å²) >= 11 is 1.90. The molecule has 2 nitrogen and oxygen atoms in total. The van der Waals surface area contributed by atoms with Crippen LogP contribution in [-0.2, 0) is 6.54 Å². The van der Waals surface area contributed by atoms with E-state index in [4.69, 9.17) is 4.74 Å². The number of benzene rings is 1. The minimum atomic E-state index is 0.709. The normalized spacial score (nSPS) is 12.5. The molecular formula is C14H23NOS. The van der Waals surface area contributed by atoms with E-state index in [1.807, 2.05) is 17.8 Å². The lowest BCUT2D eigenvalue weighted by Gasteiger charge is -2.13. The molecule has 1 rings (SSSR count). The molecule has 0 saturated heterocycles. The third-order valence-corrected chi connectivity index (χ3v) is 3.60. The van der Waals surface area contributed by atoms with Crippen LogP contribution in [-0.4, -0.2) is 25.7 Å². The largest absolute Gasteiger partial charge is 0.496 e. The van der Waals surface area contributed by atoms with Crippen molar-refractivity contribution in [2.45, 2.75) is 20.4 Å². The number of aryl methyl sites for hydroxylation is 1. The van der Waals surface area contributed by atoms with Gasteiger partial charge in [-0.25, -0.2) is 0 Å². The van der Waals surface area contributed by atoms with Gasteiger partial charge < -0.3 is 10.1 Å². The molecule has 0 spiro atoms. The van der Waals surface area contributed by atoms with Crippen LogP contribution in [0.3, 0.4) is 0 Å². The molecule has 0 radical (unpaired) electrons. The number of rotatable bonds is 7. The fraction of sp³-hybridized carbons (Fsp3) is 0.571. The first kappa shape index (κ1) is 14.4. The second kappa shape index (κ2) is 7.62. The molecule has 96 valence electrons. The van der Waals surface area contributed by atoms with Crippen molar-refractivity contribution in [1.29, 1.82) is 0 Å². The van der Waals surface area contributed by atoms with Crippen molar-refractivity contribution in [3.63, 3.8) is 0 Å². The number of thioether (sulfide) groups is 1. The summed E-state index contributed by atoms with van der Waals surface area (Å²) in [6, 6.07) is 6.31. The number of ether oxygens (including phenoxy) is 1. The van der Waals surface area contributed by atoms with Crippen molar-refractivity contribution < 1.29 is 4.74 Å². The summed E-state index contributed by atoms with van der Waals surface area (Å²) in [7, 11) is 1.73. The summed E-state index contributed by atoms with van der Waals surface area (Å²) in [5.41, 5.74) is 2.52. The first-order chi connectivity index (χ1) is 8.17. The van der Waals surface area contributed by atoms with E-state index < -0.39 is 0 Å². The van der Waals surface area contributed by atoms with Gasteiger partial charge in [0, 0.05) is 12.1 Å². The van der Waals surface area contributed by atoms with Crippen molar-refractivity contribution in [2.24, 2.45) is 5.92 Å². The third-order valence-electron chi connectivity index (χ3n) is 2.70. The first-order valence-electron chi connectivity index (χ1n) is 6.00. The summed E-state index contributed by atoms with van der Waals surface area (Å²) < 4.78 is 5.36. The molecule has 1 unspecified atom stereocenters. The lowest BCUT2D eigenvalue weighted by molar-refractivity contribution is 0.406. The monoisotopic (exact) mass is 253 g/mol. The third kappa shape index (κ3) is 5.00. The van der Waals surface area contributed by atoms with Gasteiger partial charge in [-0.2, -0.15) is 11.8 Å². The molecule has 0 aliphatic carbocycles. The smallest absolute Gasteiger partial charge is 0.123 e. The Kier molecular flexibility index (Phi) is 6.45. The van der Waals surface area contributed by atoms with Crippen molar-refractivity contribution in [3.05, 3.63) is 29.3 Å². The number of hydrogen-bond acceptors (Lipinski definition) is 3. The van der Waals surface area contributed by atoms with E-state index >= 15 is 0 Å². The molecule has 0 aliphatic heterocycles. The SMILES string of the molecule is COc1ccc(C)cc1CNCC(C)CSC. The number of nitrogens with one attached hydrogen (secondary N) is 1. The highest BCUT2D eigenvalue weighted by molar-refractivity contribution is 7.98. The van der Waals surface area contributed by atoms with Crippen LogP contribution >= 0.6 is 11.8 Å². The van der Waals surface area contributed by atoms with E-state index in [9.17, 15) is 0 Å². The lowest BCUT2D eigenvalue weighted by atomic mass is 10.1. The van der Waals surface area contributed by atoms with Crippen LogP contribution in [0.2, 0.25) is 0 Å². The second-order valence-corrected chi connectivity index (χ2v) is 5.42. The molecule has 1 N–H and O–H groups in total. The summed E-state index contributed by atoms with van der Waals surface area (Å²) in [5, 5.41) is 3.49. The zero-order valence-corrected chi connectivity index (χ0v) is 12.1. The van der Waals surface area contributed by atoms with E-state index in [0.717, 1.165) is 18.8 Å². The van der Waals surface area contributed by atoms with E-state index in [0.29, 0.717) is 5.92 Å².